The lowest BCUT2D eigenvalue weighted by atomic mass is 10.2. The van der Waals surface area contributed by atoms with E-state index < -0.39 is 9.84 Å². The van der Waals surface area contributed by atoms with Gasteiger partial charge in [-0.25, -0.2) is 8.42 Å². The van der Waals surface area contributed by atoms with Gasteiger partial charge >= 0.3 is 0 Å². The van der Waals surface area contributed by atoms with E-state index in [2.05, 4.69) is 0 Å². The van der Waals surface area contributed by atoms with Gasteiger partial charge in [0, 0.05) is 11.9 Å². The molecule has 1 aromatic rings. The maximum absolute atomic E-state index is 11.3. The van der Waals surface area contributed by atoms with Gasteiger partial charge in [0.2, 0.25) is 0 Å². The Morgan fingerprint density at radius 3 is 2.00 bits per heavy atom. The molecule has 0 amide bonds. The number of anilines is 2. The topological polar surface area (TPSA) is 86.2 Å². The van der Waals surface area contributed by atoms with Crippen molar-refractivity contribution in [3.8, 4) is 0 Å². The predicted octanol–water partition coefficient (Wildman–Crippen LogP) is 0.563. The molecule has 0 fully saturated rings. The highest BCUT2D eigenvalue weighted by atomic mass is 32.2. The molecular formula is C8H12N2O2S. The first-order valence-electron chi connectivity index (χ1n) is 3.68. The highest BCUT2D eigenvalue weighted by Crippen LogP contribution is 2.26. The van der Waals surface area contributed by atoms with E-state index in [0.29, 0.717) is 11.3 Å². The average molecular weight is 200 g/mol. The normalized spacial score (nSPS) is 11.5. The zero-order chi connectivity index (χ0) is 10.2. The molecule has 1 rings (SSSR count). The maximum Gasteiger partial charge on any atom is 0.177 e. The molecule has 0 saturated heterocycles. The second-order valence-corrected chi connectivity index (χ2v) is 4.92. The van der Waals surface area contributed by atoms with Gasteiger partial charge in [-0.15, -0.1) is 0 Å². The monoisotopic (exact) mass is 200 g/mol. The number of sulfone groups is 1. The summed E-state index contributed by atoms with van der Waals surface area (Å²) in [5, 5.41) is 0. The molecule has 1 aromatic carbocycles. The molecule has 72 valence electrons. The van der Waals surface area contributed by atoms with E-state index in [1.165, 1.54) is 6.07 Å². The van der Waals surface area contributed by atoms with E-state index in [0.717, 1.165) is 6.26 Å². The molecule has 0 aromatic heterocycles. The Morgan fingerprint density at radius 2 is 1.62 bits per heavy atom. The largest absolute Gasteiger partial charge is 0.398 e. The van der Waals surface area contributed by atoms with Gasteiger partial charge in [-0.1, -0.05) is 0 Å². The standard InChI is InChI=1S/C8H12N2O2S/c1-5-6(9)3-4-7(10)8(5)13(2,11)12/h3-4H,9-10H2,1-2H3. The fourth-order valence-electron chi connectivity index (χ4n) is 1.22. The minimum Gasteiger partial charge on any atom is -0.398 e. The predicted molar refractivity (Wildman–Crippen MR) is 53.1 cm³/mol. The minimum absolute atomic E-state index is 0.132. The molecule has 0 aliphatic heterocycles. The first-order valence-corrected chi connectivity index (χ1v) is 5.58. The van der Waals surface area contributed by atoms with E-state index in [-0.39, 0.29) is 10.6 Å². The third-order valence-corrected chi connectivity index (χ3v) is 3.13. The summed E-state index contributed by atoms with van der Waals surface area (Å²) in [6.45, 7) is 1.64. The number of benzene rings is 1. The quantitative estimate of drug-likeness (QED) is 0.649. The highest BCUT2D eigenvalue weighted by Gasteiger charge is 2.15. The number of hydrogen-bond donors (Lipinski definition) is 2. The van der Waals surface area contributed by atoms with Crippen molar-refractivity contribution < 1.29 is 8.42 Å². The van der Waals surface area contributed by atoms with Gasteiger partial charge in [0.05, 0.1) is 10.6 Å². The lowest BCUT2D eigenvalue weighted by Gasteiger charge is -2.09. The number of hydrogen-bond acceptors (Lipinski definition) is 4. The van der Waals surface area contributed by atoms with Crippen LogP contribution in [0.25, 0.3) is 0 Å². The van der Waals surface area contributed by atoms with Gasteiger partial charge in [-0.2, -0.15) is 0 Å². The summed E-state index contributed by atoms with van der Waals surface area (Å²) in [6, 6.07) is 3.10. The summed E-state index contributed by atoms with van der Waals surface area (Å²) in [6.07, 6.45) is 1.12. The highest BCUT2D eigenvalue weighted by molar-refractivity contribution is 7.91. The van der Waals surface area contributed by atoms with Gasteiger partial charge in [0.25, 0.3) is 0 Å². The maximum atomic E-state index is 11.3. The average Bonchev–Trinajstić information content (AvgIpc) is 1.95. The second-order valence-electron chi connectivity index (χ2n) is 2.97. The van der Waals surface area contributed by atoms with Gasteiger partial charge < -0.3 is 11.5 Å². The van der Waals surface area contributed by atoms with Crippen molar-refractivity contribution in [2.24, 2.45) is 0 Å². The van der Waals surface area contributed by atoms with Crippen molar-refractivity contribution >= 4 is 21.2 Å². The van der Waals surface area contributed by atoms with E-state index in [1.54, 1.807) is 13.0 Å². The van der Waals surface area contributed by atoms with Crippen LogP contribution in [0.3, 0.4) is 0 Å². The minimum atomic E-state index is -3.29. The van der Waals surface area contributed by atoms with Crippen molar-refractivity contribution in [1.82, 2.24) is 0 Å². The van der Waals surface area contributed by atoms with Crippen LogP contribution >= 0.6 is 0 Å². The van der Waals surface area contributed by atoms with Crippen LogP contribution < -0.4 is 11.5 Å². The summed E-state index contributed by atoms with van der Waals surface area (Å²) in [5.74, 6) is 0. The van der Waals surface area contributed by atoms with Crippen molar-refractivity contribution in [3.05, 3.63) is 17.7 Å². The van der Waals surface area contributed by atoms with E-state index in [9.17, 15) is 8.42 Å². The summed E-state index contributed by atoms with van der Waals surface area (Å²) in [4.78, 5) is 0.132. The Balaban J connectivity index is 3.62. The van der Waals surface area contributed by atoms with Gasteiger partial charge in [0.15, 0.2) is 9.84 Å². The molecule has 0 atom stereocenters. The molecule has 0 heterocycles. The molecule has 0 unspecified atom stereocenters. The molecule has 0 saturated carbocycles. The molecule has 5 heteroatoms. The third-order valence-electron chi connectivity index (χ3n) is 1.85. The molecular weight excluding hydrogens is 188 g/mol. The van der Waals surface area contributed by atoms with Gasteiger partial charge in [-0.05, 0) is 24.6 Å². The van der Waals surface area contributed by atoms with E-state index >= 15 is 0 Å². The molecule has 0 spiro atoms. The van der Waals surface area contributed by atoms with Gasteiger partial charge in [0.1, 0.15) is 0 Å². The lowest BCUT2D eigenvalue weighted by molar-refractivity contribution is 0.602. The van der Waals surface area contributed by atoms with Crippen LogP contribution in [-0.4, -0.2) is 14.7 Å². The van der Waals surface area contributed by atoms with Crippen LogP contribution in [0.1, 0.15) is 5.56 Å². The second kappa shape index (κ2) is 2.92. The SMILES string of the molecule is Cc1c(N)ccc(N)c1S(C)(=O)=O. The van der Waals surface area contributed by atoms with Crippen LogP contribution in [0.4, 0.5) is 11.4 Å². The zero-order valence-electron chi connectivity index (χ0n) is 7.53. The molecule has 0 radical (unpaired) electrons. The Hall–Kier alpha value is -1.23. The molecule has 4 nitrogen and oxygen atoms in total. The van der Waals surface area contributed by atoms with Crippen LogP contribution in [0.15, 0.2) is 17.0 Å². The Morgan fingerprint density at radius 1 is 1.15 bits per heavy atom. The summed E-state index contributed by atoms with van der Waals surface area (Å²) in [5.41, 5.74) is 12.3. The van der Waals surface area contributed by atoms with E-state index in [1.807, 2.05) is 0 Å². The number of nitrogens with two attached hydrogens (primary N) is 2. The summed E-state index contributed by atoms with van der Waals surface area (Å²) in [7, 11) is -3.29. The lowest BCUT2D eigenvalue weighted by Crippen LogP contribution is -2.06. The van der Waals surface area contributed by atoms with Crippen LogP contribution in [0, 0.1) is 6.92 Å². The molecule has 4 N–H and O–H groups in total. The first-order chi connectivity index (χ1) is 5.84. The fourth-order valence-corrected chi connectivity index (χ4v) is 2.39. The zero-order valence-corrected chi connectivity index (χ0v) is 8.35. The van der Waals surface area contributed by atoms with Crippen LogP contribution in [0.2, 0.25) is 0 Å². The first kappa shape index (κ1) is 9.85. The van der Waals surface area contributed by atoms with Crippen LogP contribution in [-0.2, 0) is 9.84 Å². The third kappa shape index (κ3) is 1.75. The molecule has 0 aliphatic carbocycles. The fraction of sp³-hybridized carbons (Fsp3) is 0.250. The van der Waals surface area contributed by atoms with Crippen molar-refractivity contribution in [1.29, 1.82) is 0 Å². The summed E-state index contributed by atoms with van der Waals surface area (Å²) < 4.78 is 22.6. The summed E-state index contributed by atoms with van der Waals surface area (Å²) >= 11 is 0. The van der Waals surface area contributed by atoms with Crippen LogP contribution in [0.5, 0.6) is 0 Å². The molecule has 0 aliphatic rings. The van der Waals surface area contributed by atoms with E-state index in [4.69, 9.17) is 11.5 Å². The smallest absolute Gasteiger partial charge is 0.177 e. The van der Waals surface area contributed by atoms with Crippen molar-refractivity contribution in [3.63, 3.8) is 0 Å². The molecule has 0 bridgehead atoms. The van der Waals surface area contributed by atoms with Crippen molar-refractivity contribution in [2.75, 3.05) is 17.7 Å². The number of nitrogen functional groups attached to an aromatic ring is 2. The van der Waals surface area contributed by atoms with Crippen molar-refractivity contribution in [2.45, 2.75) is 11.8 Å². The van der Waals surface area contributed by atoms with Gasteiger partial charge in [-0.3, -0.25) is 0 Å². The Kier molecular flexibility index (Phi) is 2.21. The molecule has 13 heavy (non-hydrogen) atoms. The number of rotatable bonds is 1. The Labute approximate surface area is 77.5 Å². The Bertz CT molecular complexity index is 438.